The lowest BCUT2D eigenvalue weighted by molar-refractivity contribution is -0.384. The van der Waals surface area contributed by atoms with E-state index in [4.69, 9.17) is 9.47 Å². The van der Waals surface area contributed by atoms with Crippen LogP contribution < -0.4 is 4.74 Å². The highest BCUT2D eigenvalue weighted by Gasteiger charge is 2.35. The topological polar surface area (TPSA) is 101 Å². The van der Waals surface area contributed by atoms with Gasteiger partial charge in [-0.05, 0) is 31.2 Å². The third kappa shape index (κ3) is 3.48. The van der Waals surface area contributed by atoms with Crippen LogP contribution in [0.3, 0.4) is 0 Å². The molecule has 1 aliphatic rings. The van der Waals surface area contributed by atoms with Gasteiger partial charge in [-0.15, -0.1) is 0 Å². The van der Waals surface area contributed by atoms with Crippen LogP contribution in [-0.4, -0.2) is 28.2 Å². The van der Waals surface area contributed by atoms with E-state index in [1.54, 1.807) is 4.57 Å². The molecule has 0 aliphatic heterocycles. The summed E-state index contributed by atoms with van der Waals surface area (Å²) in [5.74, 6) is -0.347. The van der Waals surface area contributed by atoms with Crippen molar-refractivity contribution >= 4 is 17.3 Å². The van der Waals surface area contributed by atoms with E-state index in [1.165, 1.54) is 37.5 Å². The smallest absolute Gasteiger partial charge is 0.269 e. The number of carbonyl (C=O) groups is 2. The highest BCUT2D eigenvalue weighted by Crippen LogP contribution is 2.33. The first-order chi connectivity index (χ1) is 14.9. The minimum Gasteiger partial charge on any atom is -0.492 e. The fraction of sp³-hybridized carbons (Fsp3) is 0.130. The summed E-state index contributed by atoms with van der Waals surface area (Å²) in [4.78, 5) is 36.3. The van der Waals surface area contributed by atoms with Gasteiger partial charge in [0.15, 0.2) is 5.76 Å². The second kappa shape index (κ2) is 7.91. The van der Waals surface area contributed by atoms with Gasteiger partial charge in [-0.25, -0.2) is 0 Å². The van der Waals surface area contributed by atoms with Crippen molar-refractivity contribution in [3.8, 4) is 11.4 Å². The summed E-state index contributed by atoms with van der Waals surface area (Å²) in [6.07, 6.45) is 1.20. The SMILES string of the molecule is COC1=CC(=O)c2c(c(COc3ccc([N+](=O)[O-])cc3)c(C)n2-c2ccccc2)C1=O. The molecule has 0 saturated carbocycles. The number of nitro benzene ring substituents is 1. The van der Waals surface area contributed by atoms with E-state index in [-0.39, 0.29) is 35.1 Å². The Morgan fingerprint density at radius 1 is 1.03 bits per heavy atom. The number of benzene rings is 2. The molecule has 8 heteroatoms. The number of hydrogen-bond acceptors (Lipinski definition) is 6. The Morgan fingerprint density at radius 3 is 2.32 bits per heavy atom. The summed E-state index contributed by atoms with van der Waals surface area (Å²) < 4.78 is 12.7. The molecule has 0 unspecified atom stereocenters. The summed E-state index contributed by atoms with van der Waals surface area (Å²) in [5, 5.41) is 10.8. The standard InChI is InChI=1S/C23H18N2O6/c1-14-18(13-31-17-10-8-16(9-11-17)25(28)29)21-22(19(26)12-20(30-2)23(21)27)24(14)15-6-4-3-5-7-15/h3-12H,13H2,1-2H3. The van der Waals surface area contributed by atoms with Gasteiger partial charge in [0.2, 0.25) is 11.6 Å². The lowest BCUT2D eigenvalue weighted by Crippen LogP contribution is -2.20. The van der Waals surface area contributed by atoms with Gasteiger partial charge in [0.1, 0.15) is 18.1 Å². The fourth-order valence-electron chi connectivity index (χ4n) is 3.64. The summed E-state index contributed by atoms with van der Waals surface area (Å²) in [6, 6.07) is 14.9. The third-order valence-corrected chi connectivity index (χ3v) is 5.15. The van der Waals surface area contributed by atoms with Crippen molar-refractivity contribution in [2.45, 2.75) is 13.5 Å². The number of nitro groups is 1. The number of carbonyl (C=O) groups excluding carboxylic acids is 2. The number of fused-ring (bicyclic) bond motifs is 1. The van der Waals surface area contributed by atoms with Gasteiger partial charge in [-0.2, -0.15) is 0 Å². The van der Waals surface area contributed by atoms with Crippen molar-refractivity contribution in [1.29, 1.82) is 0 Å². The number of rotatable bonds is 6. The number of para-hydroxylation sites is 1. The highest BCUT2D eigenvalue weighted by atomic mass is 16.6. The highest BCUT2D eigenvalue weighted by molar-refractivity contribution is 6.24. The normalized spacial score (nSPS) is 12.9. The summed E-state index contributed by atoms with van der Waals surface area (Å²) >= 11 is 0. The minimum atomic E-state index is -0.493. The van der Waals surface area contributed by atoms with Crippen LogP contribution in [0.2, 0.25) is 0 Å². The maximum absolute atomic E-state index is 13.1. The Kier molecular flexibility index (Phi) is 5.12. The quantitative estimate of drug-likeness (QED) is 0.440. The Bertz CT molecular complexity index is 1220. The van der Waals surface area contributed by atoms with Gasteiger partial charge in [-0.1, -0.05) is 18.2 Å². The van der Waals surface area contributed by atoms with Crippen molar-refractivity contribution in [3.63, 3.8) is 0 Å². The zero-order chi connectivity index (χ0) is 22.1. The Hall–Kier alpha value is -4.20. The minimum absolute atomic E-state index is 0.00181. The average molecular weight is 418 g/mol. The molecule has 0 fully saturated rings. The van der Waals surface area contributed by atoms with Crippen LogP contribution >= 0.6 is 0 Å². The van der Waals surface area contributed by atoms with Gasteiger partial charge in [-0.3, -0.25) is 19.7 Å². The molecule has 0 atom stereocenters. The zero-order valence-corrected chi connectivity index (χ0v) is 16.8. The third-order valence-electron chi connectivity index (χ3n) is 5.15. The molecular weight excluding hydrogens is 400 g/mol. The largest absolute Gasteiger partial charge is 0.492 e. The van der Waals surface area contributed by atoms with Crippen LogP contribution in [0.1, 0.15) is 32.1 Å². The number of non-ortho nitro benzene ring substituents is 1. The van der Waals surface area contributed by atoms with Crippen LogP contribution in [-0.2, 0) is 11.3 Å². The van der Waals surface area contributed by atoms with Crippen LogP contribution in [0.25, 0.3) is 5.69 Å². The molecule has 0 N–H and O–H groups in total. The molecule has 1 aromatic heterocycles. The van der Waals surface area contributed by atoms with Crippen molar-refractivity contribution in [3.05, 3.63) is 99.1 Å². The molecule has 0 amide bonds. The van der Waals surface area contributed by atoms with Crippen molar-refractivity contribution < 1.29 is 24.0 Å². The number of ether oxygens (including phenoxy) is 2. The second-order valence-corrected chi connectivity index (χ2v) is 6.90. The molecule has 1 aliphatic carbocycles. The first-order valence-electron chi connectivity index (χ1n) is 9.44. The molecule has 0 radical (unpaired) electrons. The maximum atomic E-state index is 13.1. The summed E-state index contributed by atoms with van der Waals surface area (Å²) in [6.45, 7) is 1.81. The summed E-state index contributed by atoms with van der Waals surface area (Å²) in [7, 11) is 1.34. The van der Waals surface area contributed by atoms with Gasteiger partial charge >= 0.3 is 0 Å². The number of hydrogen-bond donors (Lipinski definition) is 0. The first-order valence-corrected chi connectivity index (χ1v) is 9.44. The zero-order valence-electron chi connectivity index (χ0n) is 16.8. The molecule has 2 aromatic carbocycles. The van der Waals surface area contributed by atoms with Crippen LogP contribution in [0.5, 0.6) is 5.75 Å². The number of methoxy groups -OCH3 is 1. The Balaban J connectivity index is 1.79. The lowest BCUT2D eigenvalue weighted by atomic mass is 9.96. The van der Waals surface area contributed by atoms with Gasteiger partial charge in [0.05, 0.1) is 17.6 Å². The van der Waals surface area contributed by atoms with Crippen LogP contribution in [0.15, 0.2) is 66.4 Å². The van der Waals surface area contributed by atoms with E-state index < -0.39 is 10.7 Å². The number of aromatic nitrogens is 1. The maximum Gasteiger partial charge on any atom is 0.269 e. The van der Waals surface area contributed by atoms with Gasteiger partial charge < -0.3 is 14.0 Å². The fourth-order valence-corrected chi connectivity index (χ4v) is 3.64. The second-order valence-electron chi connectivity index (χ2n) is 6.90. The van der Waals surface area contributed by atoms with Crippen LogP contribution in [0, 0.1) is 17.0 Å². The first kappa shape index (κ1) is 20.1. The number of Topliss-reactive ketones (excluding diaryl/α,β-unsaturated/α-hetero) is 1. The number of nitrogens with zero attached hydrogens (tertiary/aromatic N) is 2. The van der Waals surface area contributed by atoms with E-state index in [0.29, 0.717) is 17.0 Å². The monoisotopic (exact) mass is 418 g/mol. The van der Waals surface area contributed by atoms with E-state index in [9.17, 15) is 19.7 Å². The van der Waals surface area contributed by atoms with Gasteiger partial charge in [0.25, 0.3) is 5.69 Å². The molecule has 1 heterocycles. The molecule has 4 rings (SSSR count). The van der Waals surface area contributed by atoms with Crippen LogP contribution in [0.4, 0.5) is 5.69 Å². The molecule has 156 valence electrons. The predicted molar refractivity (Wildman–Crippen MR) is 112 cm³/mol. The van der Waals surface area contributed by atoms with E-state index in [0.717, 1.165) is 5.69 Å². The Morgan fingerprint density at radius 2 is 1.71 bits per heavy atom. The Labute approximate surface area is 177 Å². The molecule has 31 heavy (non-hydrogen) atoms. The van der Waals surface area contributed by atoms with E-state index in [1.807, 2.05) is 37.3 Å². The average Bonchev–Trinajstić information content (AvgIpc) is 3.08. The number of ketones is 2. The molecule has 0 saturated heterocycles. The van der Waals surface area contributed by atoms with E-state index in [2.05, 4.69) is 0 Å². The summed E-state index contributed by atoms with van der Waals surface area (Å²) in [5.41, 5.74) is 2.44. The molecule has 0 spiro atoms. The number of allylic oxidation sites excluding steroid dienone is 2. The molecular formula is C23H18N2O6. The molecule has 0 bridgehead atoms. The van der Waals surface area contributed by atoms with Crippen molar-refractivity contribution in [2.24, 2.45) is 0 Å². The molecule has 8 nitrogen and oxygen atoms in total. The van der Waals surface area contributed by atoms with Crippen molar-refractivity contribution in [2.75, 3.05) is 7.11 Å². The predicted octanol–water partition coefficient (Wildman–Crippen LogP) is 4.18. The lowest BCUT2D eigenvalue weighted by Gasteiger charge is -2.15. The van der Waals surface area contributed by atoms with Crippen molar-refractivity contribution in [1.82, 2.24) is 4.57 Å². The van der Waals surface area contributed by atoms with E-state index >= 15 is 0 Å². The molecule has 3 aromatic rings. The van der Waals surface area contributed by atoms with Gasteiger partial charge in [0, 0.05) is 35.2 Å².